The quantitative estimate of drug-likeness (QED) is 0.0550. The topological polar surface area (TPSA) is 438 Å². The molecule has 4 unspecified atom stereocenters. The Bertz CT molecular complexity index is 3610. The summed E-state index contributed by atoms with van der Waals surface area (Å²) in [7, 11) is 0. The van der Waals surface area contributed by atoms with Crippen molar-refractivity contribution in [1.29, 1.82) is 10.5 Å². The number of β-amino-alcohol motifs (C(OH)–C–C–N with tert-alkyl or cyclic N) is 4. The Morgan fingerprint density at radius 3 is 1.17 bits per heavy atom. The second-order valence-corrected chi connectivity index (χ2v) is 47.3. The number of hydrogen-bond acceptors (Lipinski definition) is 32. The summed E-state index contributed by atoms with van der Waals surface area (Å²) in [6, 6.07) is 21.2. The summed E-state index contributed by atoms with van der Waals surface area (Å²) in [6.45, 7) is 83.5. The minimum atomic E-state index is -2.43. The number of nitrogens with zero attached hydrogens (tertiary/aromatic N) is 18. The third-order valence-electron chi connectivity index (χ3n) is 31.4. The van der Waals surface area contributed by atoms with Crippen LogP contribution in [0.15, 0.2) is 42.9 Å². The van der Waals surface area contributed by atoms with E-state index in [0.717, 1.165) is 104 Å². The van der Waals surface area contributed by atoms with Gasteiger partial charge in [-0.1, -0.05) is 19.9 Å². The lowest BCUT2D eigenvalue weighted by Gasteiger charge is -2.41. The Labute approximate surface area is 874 Å². The molecule has 32 nitrogen and oxygen atoms in total. The second-order valence-electron chi connectivity index (χ2n) is 47.3. The number of nitrogens with two attached hydrogens (primary N) is 7. The minimum absolute atomic E-state index is 0.0329. The molecule has 1 aliphatic carbocycles. The van der Waals surface area contributed by atoms with Gasteiger partial charge in [0.05, 0.1) is 55.1 Å². The number of carbonyl (C=O) groups excluding carboxylic acids is 1. The number of nitriles is 2. The molecule has 14 aliphatic rings. The Kier molecular flexibility index (Phi) is 60.9. The van der Waals surface area contributed by atoms with Crippen LogP contribution in [0.25, 0.3) is 0 Å². The van der Waals surface area contributed by atoms with Gasteiger partial charge in [-0.3, -0.25) is 58.8 Å². The van der Waals surface area contributed by atoms with Gasteiger partial charge in [0, 0.05) is 282 Å². The van der Waals surface area contributed by atoms with E-state index >= 15 is 0 Å². The summed E-state index contributed by atoms with van der Waals surface area (Å²) in [5.41, 5.74) is 41.9. The van der Waals surface area contributed by atoms with Gasteiger partial charge in [-0.15, -0.1) is 0 Å². The molecule has 15 heterocycles. The van der Waals surface area contributed by atoms with E-state index in [1.165, 1.54) is 109 Å². The van der Waals surface area contributed by atoms with Gasteiger partial charge in [0.2, 0.25) is 0 Å². The molecule has 0 radical (unpaired) electrons. The summed E-state index contributed by atoms with van der Waals surface area (Å²) in [4.78, 5) is 54.4. The zero-order valence-corrected chi connectivity index (χ0v) is 95.5. The zero-order chi connectivity index (χ0) is 108. The number of alkyl halides is 2. The fraction of sp³-hybridized carbons (Fsp3) is 0.891. The van der Waals surface area contributed by atoms with E-state index in [1.54, 1.807) is 4.90 Å². The maximum Gasteiger partial charge on any atom is 0.323 e. The van der Waals surface area contributed by atoms with Crippen molar-refractivity contribution in [2.75, 3.05) is 170 Å². The van der Waals surface area contributed by atoms with E-state index in [2.05, 4.69) is 264 Å². The fourth-order valence-electron chi connectivity index (χ4n) is 20.2. The van der Waals surface area contributed by atoms with Crippen LogP contribution in [0.1, 0.15) is 288 Å². The number of likely N-dealkylation sites (tertiary alicyclic amines) is 13. The van der Waals surface area contributed by atoms with Crippen molar-refractivity contribution in [3.8, 4) is 12.1 Å². The molecule has 2 aromatic heterocycles. The van der Waals surface area contributed by atoms with Gasteiger partial charge < -0.3 is 85.1 Å². The van der Waals surface area contributed by atoms with Gasteiger partial charge in [0.15, 0.2) is 0 Å². The van der Waals surface area contributed by atoms with Gasteiger partial charge in [0.1, 0.15) is 18.0 Å². The molecule has 1 spiro atoms. The number of pyridine rings is 1. The van der Waals surface area contributed by atoms with Gasteiger partial charge in [-0.05, 0) is 319 Å². The second kappa shape index (κ2) is 66.5. The van der Waals surface area contributed by atoms with E-state index in [-0.39, 0.29) is 79.3 Å². The van der Waals surface area contributed by atoms with Crippen LogP contribution in [0, 0.1) is 45.8 Å². The lowest BCUT2D eigenvalue weighted by molar-refractivity contribution is -0.161. The van der Waals surface area contributed by atoms with Crippen LogP contribution < -0.4 is 40.1 Å². The highest BCUT2D eigenvalue weighted by Crippen LogP contribution is 2.52. The van der Waals surface area contributed by atoms with Crippen molar-refractivity contribution in [2.45, 2.75) is 440 Å². The molecule has 836 valence electrons. The molecule has 0 bridgehead atoms. The van der Waals surface area contributed by atoms with Crippen LogP contribution in [0.2, 0.25) is 0 Å². The van der Waals surface area contributed by atoms with Gasteiger partial charge in [0.25, 0.3) is 5.92 Å². The fourth-order valence-corrected chi connectivity index (χ4v) is 20.2. The Hall–Kier alpha value is -4.46. The molecular formula is C110H215F2N25O7. The van der Waals surface area contributed by atoms with Crippen LogP contribution in [0.3, 0.4) is 0 Å². The van der Waals surface area contributed by atoms with Gasteiger partial charge in [-0.25, -0.2) is 18.7 Å². The maximum absolute atomic E-state index is 12.5. The summed E-state index contributed by atoms with van der Waals surface area (Å²) in [5.74, 6) is 0.231. The predicted molar refractivity (Wildman–Crippen MR) is 586 cm³/mol. The van der Waals surface area contributed by atoms with Crippen molar-refractivity contribution in [1.82, 2.24) is 78.7 Å². The van der Waals surface area contributed by atoms with Crippen LogP contribution in [-0.2, 0) is 9.53 Å². The maximum atomic E-state index is 12.5. The third kappa shape index (κ3) is 46.6. The molecule has 13 aliphatic heterocycles. The van der Waals surface area contributed by atoms with Crippen molar-refractivity contribution in [2.24, 2.45) is 63.3 Å². The summed E-state index contributed by atoms with van der Waals surface area (Å²) >= 11 is 0. The number of aliphatic hydroxyl groups excluding tert-OH is 5. The van der Waals surface area contributed by atoms with Crippen LogP contribution >= 0.6 is 0 Å². The first-order valence-corrected chi connectivity index (χ1v) is 55.8. The number of aromatic nitrogens is 3. The van der Waals surface area contributed by atoms with Gasteiger partial charge >= 0.3 is 5.97 Å². The average Bonchev–Trinajstić information content (AvgIpc) is 1.59. The number of carbonyl (C=O) groups is 1. The summed E-state index contributed by atoms with van der Waals surface area (Å²) < 4.78 is 30.3. The molecule has 19 N–H and O–H groups in total. The Morgan fingerprint density at radius 2 is 0.847 bits per heavy atom. The SMILES string of the molecule is CC(C)N1CC(N)C(C#N)C1.CC(C)N1CCC(F)(F)C1.CC(C)N1CCC(c2ccccn2)C1.CC(C)N1CCC(c2ncccn2)C1.CC(C)N1CCC[C@H]1C#N.CC(C)N1CCC[C@H]1CN.CC(C)N1CC[C@@H](CO)C1.CC(C)N1CC[C@H](N)C1.CC(C)N1C[C@@H](N)C2(CC2)C1.CC(C)N1C[C@@H](N)[C@@H](O)C1.CC(C)N1C[C@@H](O)[C@@H](N)C1.CC(C)N1C[C@H](O)[C@@H](O)C1.CC(C)[C@H](N)C(=O)OC1CN(C(C)C)C1. The Balaban J connectivity index is 0.000000326. The molecule has 14 fully saturated rings. The van der Waals surface area contributed by atoms with Crippen LogP contribution in [0.5, 0.6) is 0 Å². The highest BCUT2D eigenvalue weighted by Gasteiger charge is 2.54. The normalized spacial score (nSPS) is 28.8. The van der Waals surface area contributed by atoms with Crippen molar-refractivity contribution in [3.05, 3.63) is 54.4 Å². The number of rotatable bonds is 20. The van der Waals surface area contributed by atoms with E-state index in [9.17, 15) is 23.8 Å². The minimum Gasteiger partial charge on any atom is -0.458 e. The van der Waals surface area contributed by atoms with Gasteiger partial charge in [-0.2, -0.15) is 10.5 Å². The van der Waals surface area contributed by atoms with Crippen molar-refractivity contribution >= 4 is 5.97 Å². The zero-order valence-electron chi connectivity index (χ0n) is 95.5. The van der Waals surface area contributed by atoms with Crippen LogP contribution in [-0.4, -0.2) is 444 Å². The van der Waals surface area contributed by atoms with Crippen molar-refractivity contribution < 1.29 is 43.8 Å². The molecule has 34 heteroatoms. The van der Waals surface area contributed by atoms with Crippen LogP contribution in [0.4, 0.5) is 8.78 Å². The number of hydrogen-bond donors (Lipinski definition) is 12. The number of esters is 1. The number of halogens is 2. The lowest BCUT2D eigenvalue weighted by Crippen LogP contribution is -2.56. The van der Waals surface area contributed by atoms with E-state index in [1.807, 2.05) is 58.4 Å². The monoisotopic (exact) mass is 2040 g/mol. The smallest absolute Gasteiger partial charge is 0.323 e. The molecule has 0 amide bonds. The molecule has 1 saturated carbocycles. The molecule has 16 rings (SSSR count). The molecule has 144 heavy (non-hydrogen) atoms. The predicted octanol–water partition coefficient (Wildman–Crippen LogP) is 8.86. The summed E-state index contributed by atoms with van der Waals surface area (Å²) in [6.07, 6.45) is 16.4. The summed E-state index contributed by atoms with van der Waals surface area (Å²) in [5, 5.41) is 63.0. The first kappa shape index (κ1) is 132. The first-order valence-electron chi connectivity index (χ1n) is 55.8. The lowest BCUT2D eigenvalue weighted by atomic mass is 10.0. The molecule has 13 saturated heterocycles. The number of ether oxygens (including phenoxy) is 1. The standard InChI is InChI=1S/C12H18N2.C11H17N3.C11H22N2O2.C9H18N2.C8H15N3.C8H18N2.C8H14N2.C8H17NO.C7H13F2N.2C7H16N2O.C7H16N2.C7H15NO2/c1-10(2)14-8-6-11(9-14)12-5-3-4-7-13-12;1-9(2)14-7-4-10(8-14)11-12-5-3-6-13-11;1-7(2)10(12)11(14)15-9-5-13(6-9)8(3)4;1-7(2)11-5-8(10)9(6-11)3-4-9;1-6(2)11-4-7(3-9)8(10)5-11;2*1-7(2)10-5-3-4-8(10)6-9;1-7(2)9-4-3-8(5-9)6-10;1-6(2)10-4-3-7(8,9)5-10;2*1-5(2)9-3-6(8)7(10)4-9;1-6(2)9-4-3-7(8)5-9;1-5(2)8-3-6(9)7(10)4-8/h3-5,7,10-11H,6,8-9H2,1-2H3;3,5-6,9-10H,4,7-8H2,1-2H3;7-10H,5-6,12H2,1-4H3;7-8H,3-6,10H2,1-2H3;6-8H,4-5,10H2,1-2H3;7-8H,3-6,9H2,1-2H3;7-8H,3-5H2,1-2H3;7-8,10H,3-6H2,1-2H3;6H,3-5H2,1-2H3;2*5-7,10H,3-4,8H2,1-2H3;6-7H,3-5,8H2,1-2H3;5-7,9-10H,3-4H2,1-2H3/t;;10-;8-;;3*8-;;2*6-,7+;7-;6-,7-/m..01.001.1000/s1. The molecule has 2 aromatic rings. The highest BCUT2D eigenvalue weighted by molar-refractivity contribution is 5.76. The first-order chi connectivity index (χ1) is 67.5. The number of aliphatic hydroxyl groups is 5. The molecule has 0 aromatic carbocycles. The van der Waals surface area contributed by atoms with E-state index in [0.29, 0.717) is 140 Å². The molecule has 16 atom stereocenters. The highest BCUT2D eigenvalue weighted by atomic mass is 19.3. The Morgan fingerprint density at radius 1 is 0.424 bits per heavy atom. The van der Waals surface area contributed by atoms with E-state index < -0.39 is 24.2 Å². The van der Waals surface area contributed by atoms with E-state index in [4.69, 9.17) is 70.7 Å². The average molecular weight is 2040 g/mol. The van der Waals surface area contributed by atoms with Crippen molar-refractivity contribution in [3.63, 3.8) is 0 Å². The third-order valence-corrected chi connectivity index (χ3v) is 31.4. The molecular weight excluding hydrogens is 1820 g/mol. The largest absolute Gasteiger partial charge is 0.458 e.